The van der Waals surface area contributed by atoms with Crippen LogP contribution in [0.25, 0.3) is 0 Å². The zero-order chi connectivity index (χ0) is 16.9. The molecule has 5 rings (SSSR count). The third-order valence-corrected chi connectivity index (χ3v) is 7.23. The minimum Gasteiger partial charge on any atom is -0.487 e. The summed E-state index contributed by atoms with van der Waals surface area (Å²) in [4.78, 5) is 0.138. The molecule has 0 aromatic heterocycles. The maximum atomic E-state index is 5.86. The van der Waals surface area contributed by atoms with Gasteiger partial charge in [0.05, 0.1) is 0 Å². The van der Waals surface area contributed by atoms with Gasteiger partial charge >= 0.3 is 0 Å². The molecular weight excluding hydrogens is 352 g/mol. The third kappa shape index (κ3) is 2.64. The van der Waals surface area contributed by atoms with Crippen molar-refractivity contribution in [3.63, 3.8) is 0 Å². The first-order chi connectivity index (χ1) is 12.2. The fourth-order valence-electron chi connectivity index (χ4n) is 3.65. The molecule has 25 heavy (non-hydrogen) atoms. The van der Waals surface area contributed by atoms with Crippen molar-refractivity contribution in [1.82, 2.24) is 10.0 Å². The predicted octanol–water partition coefficient (Wildman–Crippen LogP) is 4.53. The van der Waals surface area contributed by atoms with Crippen molar-refractivity contribution in [2.24, 2.45) is 10.2 Å². The van der Waals surface area contributed by atoms with Gasteiger partial charge in [0.1, 0.15) is 22.3 Å². The lowest BCUT2D eigenvalue weighted by Crippen LogP contribution is -2.40. The standard InChI is InChI=1S/C18H20N4OS2/c1-13-5-7-14(8-6-13)23-11-15-19-21-16-12-24-18(9-3-2-4-10-18)22(16)20-17(21)25-15/h5-8,12H,2-4,9-11H2,1H3. The summed E-state index contributed by atoms with van der Waals surface area (Å²) in [6.45, 7) is 2.56. The Hall–Kier alpha value is -1.60. The van der Waals surface area contributed by atoms with Gasteiger partial charge in [-0.05, 0) is 43.7 Å². The second-order valence-corrected chi connectivity index (χ2v) is 9.08. The van der Waals surface area contributed by atoms with Gasteiger partial charge in [-0.25, -0.2) is 5.01 Å². The Morgan fingerprint density at radius 3 is 2.72 bits per heavy atom. The molecule has 1 aromatic carbocycles. The Morgan fingerprint density at radius 1 is 1.12 bits per heavy atom. The number of rotatable bonds is 3. The molecule has 3 aliphatic heterocycles. The Bertz CT molecular complexity index is 781. The van der Waals surface area contributed by atoms with Gasteiger partial charge in [0, 0.05) is 5.41 Å². The molecule has 7 heteroatoms. The van der Waals surface area contributed by atoms with Gasteiger partial charge in [0.25, 0.3) is 0 Å². The van der Waals surface area contributed by atoms with E-state index in [9.17, 15) is 0 Å². The van der Waals surface area contributed by atoms with E-state index in [-0.39, 0.29) is 4.87 Å². The summed E-state index contributed by atoms with van der Waals surface area (Å²) in [6.07, 6.45) is 6.35. The first-order valence-electron chi connectivity index (χ1n) is 8.75. The fraction of sp³-hybridized carbons (Fsp3) is 0.444. The molecule has 0 atom stereocenters. The van der Waals surface area contributed by atoms with Crippen molar-refractivity contribution in [3.05, 3.63) is 41.1 Å². The SMILES string of the molecule is Cc1ccc(OCC2=NN3C4=CSC5(CCCCC5)N4N=C3S2)cc1. The van der Waals surface area contributed by atoms with Crippen LogP contribution in [0.4, 0.5) is 0 Å². The summed E-state index contributed by atoms with van der Waals surface area (Å²) >= 11 is 3.54. The van der Waals surface area contributed by atoms with Gasteiger partial charge in [0.15, 0.2) is 5.82 Å². The van der Waals surface area contributed by atoms with E-state index in [0.717, 1.165) is 21.8 Å². The predicted molar refractivity (Wildman–Crippen MR) is 104 cm³/mol. The number of benzene rings is 1. The molecule has 5 nitrogen and oxygen atoms in total. The molecule has 1 saturated carbocycles. The van der Waals surface area contributed by atoms with Crippen molar-refractivity contribution in [1.29, 1.82) is 0 Å². The van der Waals surface area contributed by atoms with Crippen LogP contribution in [0.5, 0.6) is 5.75 Å². The Balaban J connectivity index is 1.27. The molecule has 4 aliphatic rings. The van der Waals surface area contributed by atoms with E-state index in [2.05, 4.69) is 29.5 Å². The van der Waals surface area contributed by atoms with Crippen LogP contribution in [0.3, 0.4) is 0 Å². The number of nitrogens with zero attached hydrogens (tertiary/aromatic N) is 4. The molecule has 0 unspecified atom stereocenters. The molecule has 1 spiro atoms. The molecular formula is C18H20N4OS2. The van der Waals surface area contributed by atoms with Gasteiger partial charge in [0.2, 0.25) is 5.17 Å². The Labute approximate surface area is 156 Å². The first-order valence-corrected chi connectivity index (χ1v) is 10.4. The van der Waals surface area contributed by atoms with Crippen LogP contribution in [-0.2, 0) is 0 Å². The van der Waals surface area contributed by atoms with Crippen LogP contribution in [0, 0.1) is 6.92 Å². The molecule has 0 amide bonds. The van der Waals surface area contributed by atoms with Crippen LogP contribution in [0.2, 0.25) is 0 Å². The molecule has 1 fully saturated rings. The number of amidine groups is 1. The normalized spacial score (nSPS) is 23.3. The van der Waals surface area contributed by atoms with E-state index in [1.807, 2.05) is 28.9 Å². The van der Waals surface area contributed by atoms with E-state index in [1.54, 1.807) is 11.8 Å². The van der Waals surface area contributed by atoms with Gasteiger partial charge < -0.3 is 4.74 Å². The molecule has 0 N–H and O–H groups in total. The van der Waals surface area contributed by atoms with Gasteiger partial charge in [-0.3, -0.25) is 0 Å². The first kappa shape index (κ1) is 15.6. The number of hydrogen-bond acceptors (Lipinski definition) is 7. The minimum absolute atomic E-state index is 0.138. The lowest BCUT2D eigenvalue weighted by Gasteiger charge is -2.37. The number of hydrogen-bond donors (Lipinski definition) is 0. The maximum Gasteiger partial charge on any atom is 0.216 e. The minimum atomic E-state index is 0.138. The van der Waals surface area contributed by atoms with Crippen molar-refractivity contribution in [2.75, 3.05) is 6.61 Å². The van der Waals surface area contributed by atoms with Gasteiger partial charge in [-0.15, -0.1) is 5.10 Å². The van der Waals surface area contributed by atoms with Crippen LogP contribution < -0.4 is 4.74 Å². The van der Waals surface area contributed by atoms with Crippen LogP contribution >= 0.6 is 23.5 Å². The zero-order valence-corrected chi connectivity index (χ0v) is 15.8. The van der Waals surface area contributed by atoms with Crippen LogP contribution in [-0.4, -0.2) is 31.7 Å². The molecule has 0 bridgehead atoms. The molecule has 1 aliphatic carbocycles. The summed E-state index contributed by atoms with van der Waals surface area (Å²) in [5.41, 5.74) is 1.23. The monoisotopic (exact) mass is 372 g/mol. The van der Waals surface area contributed by atoms with E-state index < -0.39 is 0 Å². The Kier molecular flexibility index (Phi) is 3.74. The highest BCUT2D eigenvalue weighted by Crippen LogP contribution is 2.53. The van der Waals surface area contributed by atoms with Crippen molar-refractivity contribution >= 4 is 33.7 Å². The lowest BCUT2D eigenvalue weighted by atomic mass is 9.94. The van der Waals surface area contributed by atoms with Crippen molar-refractivity contribution in [3.8, 4) is 5.75 Å². The average molecular weight is 373 g/mol. The average Bonchev–Trinajstić information content (AvgIpc) is 3.27. The smallest absolute Gasteiger partial charge is 0.216 e. The quantitative estimate of drug-likeness (QED) is 0.780. The number of thioether (sulfide) groups is 2. The molecule has 3 heterocycles. The van der Waals surface area contributed by atoms with Crippen molar-refractivity contribution in [2.45, 2.75) is 43.9 Å². The van der Waals surface area contributed by atoms with Crippen LogP contribution in [0.15, 0.2) is 45.7 Å². The number of aryl methyl sites for hydroxylation is 1. The highest BCUT2D eigenvalue weighted by Gasteiger charge is 2.50. The van der Waals surface area contributed by atoms with E-state index in [4.69, 9.17) is 14.9 Å². The topological polar surface area (TPSA) is 40.4 Å². The summed E-state index contributed by atoms with van der Waals surface area (Å²) in [7, 11) is 0. The Morgan fingerprint density at radius 2 is 1.92 bits per heavy atom. The highest BCUT2D eigenvalue weighted by molar-refractivity contribution is 8.26. The number of ether oxygens (including phenoxy) is 1. The molecule has 130 valence electrons. The van der Waals surface area contributed by atoms with E-state index in [0.29, 0.717) is 6.61 Å². The van der Waals surface area contributed by atoms with Crippen LogP contribution in [0.1, 0.15) is 37.7 Å². The second kappa shape index (κ2) is 5.99. The third-order valence-electron chi connectivity index (χ3n) is 5.01. The lowest BCUT2D eigenvalue weighted by molar-refractivity contribution is 0.170. The largest absolute Gasteiger partial charge is 0.487 e. The molecule has 0 saturated heterocycles. The van der Waals surface area contributed by atoms with Gasteiger partial charge in [-0.1, -0.05) is 48.7 Å². The summed E-state index contributed by atoms with van der Waals surface area (Å²) < 4.78 is 5.86. The van der Waals surface area contributed by atoms with E-state index >= 15 is 0 Å². The highest BCUT2D eigenvalue weighted by atomic mass is 32.2. The van der Waals surface area contributed by atoms with Gasteiger partial charge in [-0.2, -0.15) is 10.1 Å². The summed E-state index contributed by atoms with van der Waals surface area (Å²) in [5, 5.41) is 18.0. The van der Waals surface area contributed by atoms with E-state index in [1.165, 1.54) is 37.7 Å². The summed E-state index contributed by atoms with van der Waals surface area (Å²) in [6, 6.07) is 8.12. The maximum absolute atomic E-state index is 5.86. The molecule has 0 radical (unpaired) electrons. The zero-order valence-electron chi connectivity index (χ0n) is 14.1. The second-order valence-electron chi connectivity index (χ2n) is 6.80. The molecule has 1 aromatic rings. The fourth-order valence-corrected chi connectivity index (χ4v) is 5.72. The number of hydrazone groups is 2. The summed E-state index contributed by atoms with van der Waals surface area (Å²) in [5.74, 6) is 1.99. The number of fused-ring (bicyclic) bond motifs is 4. The van der Waals surface area contributed by atoms with Crippen molar-refractivity contribution < 1.29 is 4.74 Å².